The van der Waals surface area contributed by atoms with E-state index in [9.17, 15) is 0 Å². The van der Waals surface area contributed by atoms with Crippen molar-refractivity contribution in [2.24, 2.45) is 0 Å². The van der Waals surface area contributed by atoms with E-state index in [1.54, 1.807) is 0 Å². The minimum Gasteiger partial charge on any atom is -0.199 e. The number of hydrogen-bond donors (Lipinski definition) is 0. The Morgan fingerprint density at radius 2 is 1.07 bits per heavy atom. The molecule has 0 amide bonds. The van der Waals surface area contributed by atoms with Crippen LogP contribution in [0.2, 0.25) is 0 Å². The largest absolute Gasteiger partial charge is 0.199 e. The van der Waals surface area contributed by atoms with E-state index in [0.29, 0.717) is 0 Å². The van der Waals surface area contributed by atoms with E-state index in [0.717, 1.165) is 5.56 Å². The summed E-state index contributed by atoms with van der Waals surface area (Å²) in [6.45, 7) is 13.8. The zero-order valence-electron chi connectivity index (χ0n) is 10.2. The number of aryl methyl sites for hydroxylation is 1. The van der Waals surface area contributed by atoms with Crippen LogP contribution in [0.5, 0.6) is 0 Å². The summed E-state index contributed by atoms with van der Waals surface area (Å²) in [7, 11) is 0. The molecule has 1 aromatic rings. The molecule has 2 heteroatoms. The maximum atomic E-state index is 3.76. The van der Waals surface area contributed by atoms with Crippen molar-refractivity contribution in [3.8, 4) is 0 Å². The Bertz CT molecular complexity index is 147. The van der Waals surface area contributed by atoms with Crippen LogP contribution in [0.3, 0.4) is 0 Å². The summed E-state index contributed by atoms with van der Waals surface area (Å²) in [5.74, 6) is 0. The van der Waals surface area contributed by atoms with Crippen molar-refractivity contribution in [3.63, 3.8) is 0 Å². The third-order valence-corrected chi connectivity index (χ3v) is 1.12. The minimum atomic E-state index is 0. The molecule has 1 aromatic carbocycles. The normalized spacial score (nSPS) is 6.07. The van der Waals surface area contributed by atoms with Gasteiger partial charge in [0, 0.05) is 65.4 Å². The maximum Gasteiger partial charge on any atom is 0 e. The monoisotopic (exact) mass is 343 g/mol. The van der Waals surface area contributed by atoms with Gasteiger partial charge in [-0.05, 0) is 6.92 Å². The fraction of sp³-hybridized carbons (Fsp3) is 0.417. The second kappa shape index (κ2) is 19.8. The van der Waals surface area contributed by atoms with Gasteiger partial charge in [-0.2, -0.15) is 24.6 Å². The Kier molecular flexibility index (Phi) is 34.7. The average molecular weight is 343 g/mol. The van der Waals surface area contributed by atoms with Gasteiger partial charge in [-0.15, -0.1) is 12.1 Å². The Morgan fingerprint density at radius 1 is 0.786 bits per heavy atom. The van der Waals surface area contributed by atoms with E-state index < -0.39 is 0 Å². The zero-order chi connectivity index (χ0) is 9.98. The van der Waals surface area contributed by atoms with Gasteiger partial charge in [-0.3, -0.25) is 0 Å². The van der Waals surface area contributed by atoms with E-state index in [-0.39, 0.29) is 65.4 Å². The molecule has 76 valence electrons. The van der Waals surface area contributed by atoms with E-state index in [2.05, 4.69) is 26.0 Å². The smallest absolute Gasteiger partial charge is 0 e. The van der Waals surface area contributed by atoms with Gasteiger partial charge in [0.25, 0.3) is 0 Å². The molecule has 0 atom stereocenters. The molecule has 0 bridgehead atoms. The van der Waals surface area contributed by atoms with Crippen LogP contribution in [0, 0.1) is 13.8 Å². The predicted molar refractivity (Wildman–Crippen MR) is 58.3 cm³/mol. The average Bonchev–Trinajstić information content (AvgIpc) is 2.17. The number of benzene rings is 1. The fourth-order valence-electron chi connectivity index (χ4n) is 0.588. The Balaban J connectivity index is -0.0000000750. The standard InChI is InChI=1S/C8H9.2C2H6.2Y/c1-7-3-5-8(2)6-4-7;2*1-2;;/h3-6H,1H2,2H3;2*1-2H3;;/q-1;;;;. The molecule has 0 heterocycles. The van der Waals surface area contributed by atoms with Gasteiger partial charge >= 0.3 is 0 Å². The van der Waals surface area contributed by atoms with Crippen molar-refractivity contribution in [3.05, 3.63) is 42.3 Å². The van der Waals surface area contributed by atoms with Crippen molar-refractivity contribution in [1.82, 2.24) is 0 Å². The first-order valence-electron chi connectivity index (χ1n) is 4.67. The van der Waals surface area contributed by atoms with Crippen LogP contribution in [0.1, 0.15) is 38.8 Å². The summed E-state index contributed by atoms with van der Waals surface area (Å²) < 4.78 is 0. The summed E-state index contributed by atoms with van der Waals surface area (Å²) >= 11 is 0. The van der Waals surface area contributed by atoms with Crippen molar-refractivity contribution < 1.29 is 65.4 Å². The Labute approximate surface area is 140 Å². The molecule has 0 nitrogen and oxygen atoms in total. The second-order valence-electron chi connectivity index (χ2n) is 1.99. The molecule has 0 unspecified atom stereocenters. The zero-order valence-corrected chi connectivity index (χ0v) is 15.8. The van der Waals surface area contributed by atoms with Crippen LogP contribution in [-0.4, -0.2) is 0 Å². The van der Waals surface area contributed by atoms with Gasteiger partial charge in [0.15, 0.2) is 0 Å². The fourth-order valence-corrected chi connectivity index (χ4v) is 0.588. The second-order valence-corrected chi connectivity index (χ2v) is 1.99. The third-order valence-electron chi connectivity index (χ3n) is 1.12. The van der Waals surface area contributed by atoms with Gasteiger partial charge in [-0.1, -0.05) is 33.3 Å². The van der Waals surface area contributed by atoms with E-state index in [4.69, 9.17) is 0 Å². The van der Waals surface area contributed by atoms with Crippen molar-refractivity contribution in [1.29, 1.82) is 0 Å². The molecule has 2 radical (unpaired) electrons. The van der Waals surface area contributed by atoms with Crippen LogP contribution in [0.4, 0.5) is 0 Å². The minimum absolute atomic E-state index is 0. The van der Waals surface area contributed by atoms with E-state index in [1.165, 1.54) is 5.56 Å². The number of hydrogen-bond acceptors (Lipinski definition) is 0. The van der Waals surface area contributed by atoms with E-state index in [1.807, 2.05) is 39.8 Å². The van der Waals surface area contributed by atoms with Gasteiger partial charge in [0.05, 0.1) is 0 Å². The predicted octanol–water partition coefficient (Wildman–Crippen LogP) is 4.22. The molecule has 0 saturated heterocycles. The van der Waals surface area contributed by atoms with Crippen molar-refractivity contribution >= 4 is 0 Å². The van der Waals surface area contributed by atoms with Gasteiger partial charge < -0.3 is 0 Å². The molecule has 0 aliphatic carbocycles. The molecule has 0 spiro atoms. The number of rotatable bonds is 0. The van der Waals surface area contributed by atoms with Gasteiger partial charge in [0.2, 0.25) is 0 Å². The summed E-state index contributed by atoms with van der Waals surface area (Å²) in [5.41, 5.74) is 2.37. The molecule has 14 heavy (non-hydrogen) atoms. The van der Waals surface area contributed by atoms with E-state index >= 15 is 0 Å². The summed E-state index contributed by atoms with van der Waals surface area (Å²) in [4.78, 5) is 0. The Hall–Kier alpha value is 1.30. The molecule has 0 fully saturated rings. The van der Waals surface area contributed by atoms with Crippen LogP contribution in [-0.2, 0) is 65.4 Å². The molecule has 0 N–H and O–H groups in total. The Morgan fingerprint density at radius 3 is 1.29 bits per heavy atom. The summed E-state index contributed by atoms with van der Waals surface area (Å²) in [5, 5.41) is 0. The molecule has 0 saturated carbocycles. The van der Waals surface area contributed by atoms with Crippen LogP contribution in [0.25, 0.3) is 0 Å². The van der Waals surface area contributed by atoms with Crippen LogP contribution in [0.15, 0.2) is 24.3 Å². The van der Waals surface area contributed by atoms with Gasteiger partial charge in [-0.25, -0.2) is 0 Å². The van der Waals surface area contributed by atoms with Crippen LogP contribution >= 0.6 is 0 Å². The first-order valence-corrected chi connectivity index (χ1v) is 4.67. The van der Waals surface area contributed by atoms with Crippen LogP contribution < -0.4 is 0 Å². The first kappa shape index (κ1) is 24.5. The van der Waals surface area contributed by atoms with Crippen molar-refractivity contribution in [2.45, 2.75) is 34.6 Å². The quantitative estimate of drug-likeness (QED) is 0.619. The topological polar surface area (TPSA) is 0 Å². The molecule has 1 rings (SSSR count). The first-order chi connectivity index (χ1) is 5.79. The molecular formula is C12H21Y2-. The summed E-state index contributed by atoms with van der Waals surface area (Å²) in [6, 6.07) is 8.13. The SMILES string of the molecule is CC.CC.[CH2-]c1ccc(C)cc1.[Y].[Y]. The maximum absolute atomic E-state index is 3.76. The third kappa shape index (κ3) is 15.8. The van der Waals surface area contributed by atoms with Gasteiger partial charge in [0.1, 0.15) is 0 Å². The molecule has 0 aromatic heterocycles. The van der Waals surface area contributed by atoms with Crippen molar-refractivity contribution in [2.75, 3.05) is 0 Å². The molecule has 0 aliphatic rings. The molecule has 0 aliphatic heterocycles. The summed E-state index contributed by atoms with van der Waals surface area (Å²) in [6.07, 6.45) is 0. The molecular weight excluding hydrogens is 322 g/mol.